The molecule has 1 amide bonds. The van der Waals surface area contributed by atoms with Crippen molar-refractivity contribution in [3.63, 3.8) is 0 Å². The minimum absolute atomic E-state index is 0.0539. The third kappa shape index (κ3) is 4.87. The fourth-order valence-electron chi connectivity index (χ4n) is 1.43. The maximum atomic E-state index is 11.6. The van der Waals surface area contributed by atoms with E-state index in [-0.39, 0.29) is 18.3 Å². The van der Waals surface area contributed by atoms with Crippen LogP contribution in [0.15, 0.2) is 24.3 Å². The summed E-state index contributed by atoms with van der Waals surface area (Å²) in [4.78, 5) is 13.2. The molecule has 0 radical (unpaired) electrons. The largest absolute Gasteiger partial charge is 0.508 e. The minimum Gasteiger partial charge on any atom is -0.508 e. The van der Waals surface area contributed by atoms with Crippen molar-refractivity contribution in [1.29, 1.82) is 0 Å². The van der Waals surface area contributed by atoms with Crippen molar-refractivity contribution in [2.45, 2.75) is 19.9 Å². The number of ether oxygens (including phenoxy) is 1. The Morgan fingerprint density at radius 1 is 1.47 bits per heavy atom. The van der Waals surface area contributed by atoms with Crippen molar-refractivity contribution >= 4 is 5.91 Å². The Labute approximate surface area is 102 Å². The highest BCUT2D eigenvalue weighted by atomic mass is 16.5. The molecule has 0 aliphatic carbocycles. The Morgan fingerprint density at radius 3 is 2.88 bits per heavy atom. The molecule has 17 heavy (non-hydrogen) atoms. The number of amides is 1. The lowest BCUT2D eigenvalue weighted by molar-refractivity contribution is -0.135. The van der Waals surface area contributed by atoms with E-state index >= 15 is 0 Å². The van der Waals surface area contributed by atoms with Gasteiger partial charge in [-0.15, -0.1) is 0 Å². The molecule has 1 aromatic carbocycles. The summed E-state index contributed by atoms with van der Waals surface area (Å²) in [5.74, 6) is 0.160. The van der Waals surface area contributed by atoms with Crippen molar-refractivity contribution in [1.82, 2.24) is 4.90 Å². The van der Waals surface area contributed by atoms with Crippen LogP contribution in [0.25, 0.3) is 0 Å². The van der Waals surface area contributed by atoms with Crippen LogP contribution in [0.5, 0.6) is 5.75 Å². The van der Waals surface area contributed by atoms with Crippen molar-refractivity contribution < 1.29 is 14.6 Å². The van der Waals surface area contributed by atoms with E-state index in [0.717, 1.165) is 12.0 Å². The van der Waals surface area contributed by atoms with E-state index < -0.39 is 0 Å². The highest BCUT2D eigenvalue weighted by Gasteiger charge is 2.09. The number of phenolic OH excluding ortho intramolecular Hbond substituents is 1. The lowest BCUT2D eigenvalue weighted by Gasteiger charge is -2.17. The second-order valence-corrected chi connectivity index (χ2v) is 3.97. The van der Waals surface area contributed by atoms with Gasteiger partial charge in [0.25, 0.3) is 0 Å². The van der Waals surface area contributed by atoms with E-state index in [4.69, 9.17) is 4.74 Å². The first kappa shape index (κ1) is 13.5. The number of hydrogen-bond acceptors (Lipinski definition) is 3. The number of likely N-dealkylation sites (N-methyl/N-ethyl adjacent to an activating group) is 1. The molecule has 1 aromatic rings. The zero-order chi connectivity index (χ0) is 12.7. The van der Waals surface area contributed by atoms with Crippen LogP contribution in [0.1, 0.15) is 18.9 Å². The molecule has 0 heterocycles. The summed E-state index contributed by atoms with van der Waals surface area (Å²) < 4.78 is 5.19. The maximum Gasteiger partial charge on any atom is 0.248 e. The lowest BCUT2D eigenvalue weighted by atomic mass is 10.2. The summed E-state index contributed by atoms with van der Waals surface area (Å²) in [5.41, 5.74) is 0.899. The van der Waals surface area contributed by atoms with Crippen molar-refractivity contribution in [2.24, 2.45) is 0 Å². The highest BCUT2D eigenvalue weighted by molar-refractivity contribution is 5.77. The first-order chi connectivity index (χ1) is 8.13. The molecule has 0 aliphatic rings. The number of carbonyl (C=O) groups is 1. The molecule has 0 bridgehead atoms. The average Bonchev–Trinajstić information content (AvgIpc) is 2.29. The summed E-state index contributed by atoms with van der Waals surface area (Å²) in [5, 5.41) is 9.31. The summed E-state index contributed by atoms with van der Waals surface area (Å²) in [6.07, 6.45) is 0.906. The molecule has 0 aromatic heterocycles. The molecule has 0 spiro atoms. The van der Waals surface area contributed by atoms with Gasteiger partial charge in [0.15, 0.2) is 0 Å². The molecular weight excluding hydrogens is 218 g/mol. The summed E-state index contributed by atoms with van der Waals surface area (Å²) in [6, 6.07) is 6.89. The van der Waals surface area contributed by atoms with Crippen LogP contribution >= 0.6 is 0 Å². The zero-order valence-electron chi connectivity index (χ0n) is 10.3. The maximum absolute atomic E-state index is 11.6. The number of phenols is 1. The SMILES string of the molecule is CCCOCC(=O)N(C)Cc1cccc(O)c1. The Kier molecular flexibility index (Phi) is 5.49. The predicted octanol–water partition coefficient (Wildman–Crippen LogP) is 1.78. The normalized spacial score (nSPS) is 10.2. The monoisotopic (exact) mass is 237 g/mol. The van der Waals surface area contributed by atoms with Crippen LogP contribution in [-0.2, 0) is 16.1 Å². The van der Waals surface area contributed by atoms with Gasteiger partial charge in [-0.25, -0.2) is 0 Å². The van der Waals surface area contributed by atoms with Crippen LogP contribution in [0.2, 0.25) is 0 Å². The van der Waals surface area contributed by atoms with E-state index in [1.165, 1.54) is 0 Å². The Bertz CT molecular complexity index is 365. The van der Waals surface area contributed by atoms with E-state index in [9.17, 15) is 9.90 Å². The van der Waals surface area contributed by atoms with Gasteiger partial charge in [-0.2, -0.15) is 0 Å². The average molecular weight is 237 g/mol. The predicted molar refractivity (Wildman–Crippen MR) is 65.7 cm³/mol. The Balaban J connectivity index is 2.43. The van der Waals surface area contributed by atoms with Gasteiger partial charge in [0.2, 0.25) is 5.91 Å². The summed E-state index contributed by atoms with van der Waals surface area (Å²) in [7, 11) is 1.72. The molecule has 0 fully saturated rings. The van der Waals surface area contributed by atoms with Crippen LogP contribution in [-0.4, -0.2) is 36.2 Å². The van der Waals surface area contributed by atoms with Crippen molar-refractivity contribution in [3.05, 3.63) is 29.8 Å². The molecule has 0 saturated heterocycles. The van der Waals surface area contributed by atoms with E-state index in [1.807, 2.05) is 13.0 Å². The number of carbonyl (C=O) groups excluding carboxylic acids is 1. The van der Waals surface area contributed by atoms with E-state index in [1.54, 1.807) is 30.1 Å². The van der Waals surface area contributed by atoms with E-state index in [0.29, 0.717) is 13.2 Å². The van der Waals surface area contributed by atoms with Crippen LogP contribution < -0.4 is 0 Å². The fraction of sp³-hybridized carbons (Fsp3) is 0.462. The Morgan fingerprint density at radius 2 is 2.24 bits per heavy atom. The first-order valence-corrected chi connectivity index (χ1v) is 5.73. The first-order valence-electron chi connectivity index (χ1n) is 5.73. The number of benzene rings is 1. The van der Waals surface area contributed by atoms with Gasteiger partial charge in [-0.3, -0.25) is 4.79 Å². The number of nitrogens with zero attached hydrogens (tertiary/aromatic N) is 1. The van der Waals surface area contributed by atoms with Gasteiger partial charge < -0.3 is 14.7 Å². The number of aromatic hydroxyl groups is 1. The van der Waals surface area contributed by atoms with Crippen LogP contribution in [0.4, 0.5) is 0 Å². The third-order valence-corrected chi connectivity index (χ3v) is 2.33. The molecule has 4 nitrogen and oxygen atoms in total. The Hall–Kier alpha value is -1.55. The zero-order valence-corrected chi connectivity index (χ0v) is 10.3. The van der Waals surface area contributed by atoms with Gasteiger partial charge in [0, 0.05) is 20.2 Å². The van der Waals surface area contributed by atoms with Gasteiger partial charge in [0.1, 0.15) is 12.4 Å². The molecule has 94 valence electrons. The van der Waals surface area contributed by atoms with Gasteiger partial charge >= 0.3 is 0 Å². The molecule has 0 saturated carbocycles. The van der Waals surface area contributed by atoms with Crippen molar-refractivity contribution in [2.75, 3.05) is 20.3 Å². The fourth-order valence-corrected chi connectivity index (χ4v) is 1.43. The molecular formula is C13H19NO3. The summed E-state index contributed by atoms with van der Waals surface area (Å²) in [6.45, 7) is 3.19. The van der Waals surface area contributed by atoms with Crippen molar-refractivity contribution in [3.8, 4) is 5.75 Å². The van der Waals surface area contributed by atoms with Crippen LogP contribution in [0.3, 0.4) is 0 Å². The third-order valence-electron chi connectivity index (χ3n) is 2.33. The second kappa shape index (κ2) is 6.91. The standard InChI is InChI=1S/C13H19NO3/c1-3-7-17-10-13(16)14(2)9-11-5-4-6-12(15)8-11/h4-6,8,15H,3,7,9-10H2,1-2H3. The van der Waals surface area contributed by atoms with E-state index in [2.05, 4.69) is 0 Å². The smallest absolute Gasteiger partial charge is 0.248 e. The second-order valence-electron chi connectivity index (χ2n) is 3.97. The van der Waals surface area contributed by atoms with Crippen LogP contribution in [0, 0.1) is 0 Å². The summed E-state index contributed by atoms with van der Waals surface area (Å²) >= 11 is 0. The molecule has 4 heteroatoms. The highest BCUT2D eigenvalue weighted by Crippen LogP contribution is 2.12. The molecule has 0 aliphatic heterocycles. The van der Waals surface area contributed by atoms with Gasteiger partial charge in [-0.05, 0) is 24.1 Å². The number of hydrogen-bond donors (Lipinski definition) is 1. The minimum atomic E-state index is -0.0539. The molecule has 1 rings (SSSR count). The molecule has 0 unspecified atom stereocenters. The van der Waals surface area contributed by atoms with Gasteiger partial charge in [0.05, 0.1) is 0 Å². The lowest BCUT2D eigenvalue weighted by Crippen LogP contribution is -2.29. The van der Waals surface area contributed by atoms with Gasteiger partial charge in [-0.1, -0.05) is 19.1 Å². The molecule has 0 atom stereocenters. The quantitative estimate of drug-likeness (QED) is 0.767. The number of rotatable bonds is 6. The molecule has 1 N–H and O–H groups in total. The topological polar surface area (TPSA) is 49.8 Å².